The van der Waals surface area contributed by atoms with Crippen LogP contribution >= 0.6 is 12.2 Å². The first kappa shape index (κ1) is 11.4. The molecule has 1 atom stereocenters. The second-order valence-corrected chi connectivity index (χ2v) is 4.43. The Hall–Kier alpha value is -0.680. The van der Waals surface area contributed by atoms with Crippen molar-refractivity contribution in [1.82, 2.24) is 5.32 Å². The van der Waals surface area contributed by atoms with Crippen LogP contribution in [0.4, 0.5) is 0 Å². The molecule has 1 saturated heterocycles. The molecule has 1 rings (SSSR count). The standard InChI is InChI=1S/C9H15NO3S/c1-9(2)5-13-4-6(9)10-7(14)8(11)12-3/h6H,4-5H2,1-3H3,(H,10,14)/t6-/m1/s1. The van der Waals surface area contributed by atoms with E-state index in [9.17, 15) is 4.79 Å². The number of rotatable bonds is 1. The molecule has 1 fully saturated rings. The maximum atomic E-state index is 11.0. The topological polar surface area (TPSA) is 47.6 Å². The molecule has 1 N–H and O–H groups in total. The molecule has 1 heterocycles. The van der Waals surface area contributed by atoms with E-state index in [1.165, 1.54) is 7.11 Å². The van der Waals surface area contributed by atoms with Crippen LogP contribution in [0.25, 0.3) is 0 Å². The Balaban J connectivity index is 2.52. The normalized spacial score (nSPS) is 24.4. The van der Waals surface area contributed by atoms with Crippen molar-refractivity contribution in [2.75, 3.05) is 20.3 Å². The van der Waals surface area contributed by atoms with Crippen molar-refractivity contribution in [2.24, 2.45) is 5.41 Å². The van der Waals surface area contributed by atoms with Crippen LogP contribution in [-0.4, -0.2) is 37.3 Å². The van der Waals surface area contributed by atoms with Gasteiger partial charge in [0.15, 0.2) is 4.99 Å². The summed E-state index contributed by atoms with van der Waals surface area (Å²) in [6.45, 7) is 5.38. The van der Waals surface area contributed by atoms with Gasteiger partial charge < -0.3 is 14.8 Å². The summed E-state index contributed by atoms with van der Waals surface area (Å²) in [5, 5.41) is 2.95. The van der Waals surface area contributed by atoms with Crippen molar-refractivity contribution < 1.29 is 14.3 Å². The van der Waals surface area contributed by atoms with Gasteiger partial charge in [-0.05, 0) is 0 Å². The van der Waals surface area contributed by atoms with Gasteiger partial charge in [-0.3, -0.25) is 0 Å². The van der Waals surface area contributed by atoms with Crippen LogP contribution in [0.1, 0.15) is 13.8 Å². The van der Waals surface area contributed by atoms with E-state index in [0.29, 0.717) is 13.2 Å². The third-order valence-electron chi connectivity index (χ3n) is 2.38. The summed E-state index contributed by atoms with van der Waals surface area (Å²) in [5.74, 6) is -0.497. The summed E-state index contributed by atoms with van der Waals surface area (Å²) in [4.78, 5) is 11.2. The molecule has 80 valence electrons. The van der Waals surface area contributed by atoms with Gasteiger partial charge in [0, 0.05) is 5.41 Å². The van der Waals surface area contributed by atoms with Crippen LogP contribution in [-0.2, 0) is 14.3 Å². The summed E-state index contributed by atoms with van der Waals surface area (Å²) >= 11 is 4.87. The predicted octanol–water partition coefficient (Wildman–Crippen LogP) is 0.501. The van der Waals surface area contributed by atoms with Crippen molar-refractivity contribution in [3.05, 3.63) is 0 Å². The SMILES string of the molecule is COC(=O)C(=S)N[C@@H]1COCC1(C)C. The highest BCUT2D eigenvalue weighted by Gasteiger charge is 2.36. The van der Waals surface area contributed by atoms with Crippen LogP contribution in [0.15, 0.2) is 0 Å². The van der Waals surface area contributed by atoms with Crippen molar-refractivity contribution in [2.45, 2.75) is 19.9 Å². The highest BCUT2D eigenvalue weighted by Crippen LogP contribution is 2.27. The Bertz CT molecular complexity index is 252. The van der Waals surface area contributed by atoms with Gasteiger partial charge in [-0.2, -0.15) is 0 Å². The molecule has 0 bridgehead atoms. The van der Waals surface area contributed by atoms with Gasteiger partial charge in [-0.1, -0.05) is 26.1 Å². The first-order chi connectivity index (χ1) is 6.47. The quantitative estimate of drug-likeness (QED) is 0.512. The van der Waals surface area contributed by atoms with Gasteiger partial charge in [-0.15, -0.1) is 0 Å². The molecule has 0 aromatic heterocycles. The zero-order chi connectivity index (χ0) is 10.8. The smallest absolute Gasteiger partial charge is 0.365 e. The lowest BCUT2D eigenvalue weighted by atomic mass is 9.88. The third-order valence-corrected chi connectivity index (χ3v) is 2.66. The van der Waals surface area contributed by atoms with Crippen molar-refractivity contribution in [3.63, 3.8) is 0 Å². The molecule has 5 heteroatoms. The molecule has 0 aromatic rings. The van der Waals surface area contributed by atoms with E-state index in [-0.39, 0.29) is 16.4 Å². The average molecular weight is 217 g/mol. The molecule has 14 heavy (non-hydrogen) atoms. The molecule has 1 aliphatic heterocycles. The van der Waals surface area contributed by atoms with Gasteiger partial charge >= 0.3 is 5.97 Å². The lowest BCUT2D eigenvalue weighted by molar-refractivity contribution is -0.132. The highest BCUT2D eigenvalue weighted by molar-refractivity contribution is 7.81. The summed E-state index contributed by atoms with van der Waals surface area (Å²) in [5.41, 5.74) is -0.00190. The van der Waals surface area contributed by atoms with Gasteiger partial charge in [-0.25, -0.2) is 4.79 Å². The van der Waals surface area contributed by atoms with E-state index in [4.69, 9.17) is 17.0 Å². The molecule has 4 nitrogen and oxygen atoms in total. The summed E-state index contributed by atoms with van der Waals surface area (Å²) in [6.07, 6.45) is 0. The van der Waals surface area contributed by atoms with Crippen LogP contribution in [0.2, 0.25) is 0 Å². The number of methoxy groups -OCH3 is 1. The molecule has 0 unspecified atom stereocenters. The lowest BCUT2D eigenvalue weighted by Crippen LogP contribution is -2.46. The number of thiocarbonyl (C=S) groups is 1. The number of hydrogen-bond donors (Lipinski definition) is 1. The predicted molar refractivity (Wildman–Crippen MR) is 56.1 cm³/mol. The van der Waals surface area contributed by atoms with Gasteiger partial charge in [0.2, 0.25) is 0 Å². The minimum Gasteiger partial charge on any atom is -0.464 e. The molecule has 0 spiro atoms. The maximum absolute atomic E-state index is 11.0. The van der Waals surface area contributed by atoms with Crippen LogP contribution < -0.4 is 5.32 Å². The molecular weight excluding hydrogens is 202 g/mol. The molecule has 0 aliphatic carbocycles. The maximum Gasteiger partial charge on any atom is 0.365 e. The van der Waals surface area contributed by atoms with E-state index in [0.717, 1.165) is 0 Å². The fraction of sp³-hybridized carbons (Fsp3) is 0.778. The third kappa shape index (κ3) is 2.42. The molecule has 0 radical (unpaired) electrons. The first-order valence-electron chi connectivity index (χ1n) is 4.44. The van der Waals surface area contributed by atoms with E-state index in [2.05, 4.69) is 23.9 Å². The van der Waals surface area contributed by atoms with Gasteiger partial charge in [0.05, 0.1) is 26.4 Å². The van der Waals surface area contributed by atoms with Gasteiger partial charge in [0.1, 0.15) is 0 Å². The van der Waals surface area contributed by atoms with Crippen LogP contribution in [0.5, 0.6) is 0 Å². The second-order valence-electron chi connectivity index (χ2n) is 4.02. The zero-order valence-corrected chi connectivity index (χ0v) is 9.44. The second kappa shape index (κ2) is 4.23. The lowest BCUT2D eigenvalue weighted by Gasteiger charge is -2.25. The molecule has 0 aromatic carbocycles. The minimum absolute atomic E-state index is 0.00190. The first-order valence-corrected chi connectivity index (χ1v) is 4.85. The number of ether oxygens (including phenoxy) is 2. The summed E-state index contributed by atoms with van der Waals surface area (Å²) < 4.78 is 9.82. The molecular formula is C9H15NO3S. The highest BCUT2D eigenvalue weighted by atomic mass is 32.1. The molecule has 0 saturated carbocycles. The Morgan fingerprint density at radius 1 is 1.64 bits per heavy atom. The number of hydrogen-bond acceptors (Lipinski definition) is 4. The van der Waals surface area contributed by atoms with Crippen molar-refractivity contribution in [1.29, 1.82) is 0 Å². The largest absolute Gasteiger partial charge is 0.464 e. The monoisotopic (exact) mass is 217 g/mol. The number of carbonyl (C=O) groups excluding carboxylic acids is 1. The number of nitrogens with one attached hydrogen (secondary N) is 1. The Morgan fingerprint density at radius 3 is 2.71 bits per heavy atom. The fourth-order valence-electron chi connectivity index (χ4n) is 1.31. The Labute approximate surface area is 89.0 Å². The fourth-order valence-corrected chi connectivity index (χ4v) is 1.54. The van der Waals surface area contributed by atoms with Crippen molar-refractivity contribution in [3.8, 4) is 0 Å². The number of esters is 1. The van der Waals surface area contributed by atoms with Crippen LogP contribution in [0, 0.1) is 5.41 Å². The summed E-state index contributed by atoms with van der Waals surface area (Å²) in [7, 11) is 1.31. The van der Waals surface area contributed by atoms with E-state index in [1.54, 1.807) is 0 Å². The van der Waals surface area contributed by atoms with E-state index >= 15 is 0 Å². The zero-order valence-electron chi connectivity index (χ0n) is 8.62. The summed E-state index contributed by atoms with van der Waals surface area (Å²) in [6, 6.07) is 0.0779. The number of carbonyl (C=O) groups is 1. The van der Waals surface area contributed by atoms with E-state index < -0.39 is 5.97 Å². The van der Waals surface area contributed by atoms with Crippen LogP contribution in [0.3, 0.4) is 0 Å². The van der Waals surface area contributed by atoms with E-state index in [1.807, 2.05) is 0 Å². The Kier molecular flexibility index (Phi) is 3.44. The van der Waals surface area contributed by atoms with Gasteiger partial charge in [0.25, 0.3) is 0 Å². The minimum atomic E-state index is -0.497. The van der Waals surface area contributed by atoms with Crippen molar-refractivity contribution >= 4 is 23.2 Å². The Morgan fingerprint density at radius 2 is 2.29 bits per heavy atom. The average Bonchev–Trinajstić information content (AvgIpc) is 2.44. The molecule has 1 aliphatic rings. The molecule has 0 amide bonds.